The fourth-order valence-corrected chi connectivity index (χ4v) is 8.96. The quantitative estimate of drug-likeness (QED) is 0.0342. The first-order valence-corrected chi connectivity index (χ1v) is 31.8. The Morgan fingerprint density at radius 2 is 0.465 bits per heavy atom. The molecule has 0 aliphatic rings. The van der Waals surface area contributed by atoms with Crippen molar-refractivity contribution < 1.29 is 33.2 Å². The Balaban J connectivity index is 4.53. The van der Waals surface area contributed by atoms with Crippen LogP contribution in [0.5, 0.6) is 0 Å². The minimum absolute atomic E-state index is 0.00307. The number of allylic oxidation sites excluding steroid dienone is 2. The molecule has 2 atom stereocenters. The molecule has 0 fully saturated rings. The Kier molecular flexibility index (Phi) is 61.0. The Morgan fingerprint density at radius 1 is 0.239 bits per heavy atom. The summed E-state index contributed by atoms with van der Waals surface area (Å²) in [6, 6.07) is 0. The minimum atomic E-state index is -0.374. The van der Waals surface area contributed by atoms with Crippen LogP contribution in [0.1, 0.15) is 324 Å². The van der Waals surface area contributed by atoms with Crippen molar-refractivity contribution in [2.45, 2.75) is 349 Å². The first-order chi connectivity index (χ1) is 35.1. The highest BCUT2D eigenvalue weighted by Crippen LogP contribution is 2.18. The van der Waals surface area contributed by atoms with Crippen molar-refractivity contribution in [3.8, 4) is 0 Å². The van der Waals surface area contributed by atoms with Gasteiger partial charge in [-0.3, -0.25) is 0 Å². The van der Waals surface area contributed by atoms with Crippen LogP contribution in [0.25, 0.3) is 0 Å². The Hall–Kier alpha value is -0.800. The minimum Gasteiger partial charge on any atom is -0.353 e. The predicted octanol–water partition coefficient (Wildman–Crippen LogP) is 20.8. The zero-order valence-corrected chi connectivity index (χ0v) is 48.8. The summed E-state index contributed by atoms with van der Waals surface area (Å²) in [6.07, 6.45) is 62.6. The average Bonchev–Trinajstić information content (AvgIpc) is 3.38. The van der Waals surface area contributed by atoms with Gasteiger partial charge in [-0.1, -0.05) is 246 Å². The van der Waals surface area contributed by atoms with Gasteiger partial charge in [0.2, 0.25) is 0 Å². The molecule has 0 rings (SSSR count). The Morgan fingerprint density at radius 3 is 0.761 bits per heavy atom. The Bertz CT molecular complexity index is 915. The molecule has 7 heteroatoms. The van der Waals surface area contributed by atoms with Crippen LogP contribution in [0.4, 0.5) is 0 Å². The molecular weight excluding hydrogens is 881 g/mol. The van der Waals surface area contributed by atoms with Gasteiger partial charge in [0, 0.05) is 26.4 Å². The lowest BCUT2D eigenvalue weighted by atomic mass is 10.1. The summed E-state index contributed by atoms with van der Waals surface area (Å²) < 4.78 is 43.8. The molecule has 0 saturated carbocycles. The van der Waals surface area contributed by atoms with E-state index >= 15 is 0 Å². The van der Waals surface area contributed by atoms with Gasteiger partial charge < -0.3 is 33.2 Å². The van der Waals surface area contributed by atoms with Crippen LogP contribution in [0, 0.1) is 0 Å². The largest absolute Gasteiger partial charge is 0.353 e. The summed E-state index contributed by atoms with van der Waals surface area (Å²) in [5.74, 6) is 0. The van der Waals surface area contributed by atoms with Crippen LogP contribution < -0.4 is 0 Å². The lowest BCUT2D eigenvalue weighted by Crippen LogP contribution is -2.25. The molecular formula is C64H126O7. The van der Waals surface area contributed by atoms with Crippen LogP contribution in [0.2, 0.25) is 0 Å². The fraction of sp³-hybridized carbons (Fsp3) is 0.938. The van der Waals surface area contributed by atoms with Crippen LogP contribution in [-0.2, 0) is 33.2 Å². The molecule has 0 amide bonds. The standard InChI is InChI=1S/C64H126O7/c1-7-13-19-47-57-65-61(66-58-48-20-14-8-2)51-41-37-33-29-25-23-27-31-35-39-43-53-63(69-55-45-17-11-5)71-64(70-56-46-18-12-6)54-44-40-36-32-28-24-26-30-34-38-42-52-62(67-59-49-21-15-9-3)68-60-50-22-16-10-4/h43-44,53-54,61-64H,7-42,45-52,55-60H2,1-6H3. The maximum absolute atomic E-state index is 6.51. The van der Waals surface area contributed by atoms with E-state index in [1.54, 1.807) is 0 Å². The number of ether oxygens (including phenoxy) is 7. The van der Waals surface area contributed by atoms with Gasteiger partial charge in [-0.25, -0.2) is 0 Å². The SMILES string of the molecule is CCCCCCOC(CCCCCCCCCCCC=CC(OCCCCC)OC(C=CCCCCCCCCCCCC(OCCCCCC)OCCCCCC)OCCCCC)OCCCCCC. The third-order valence-corrected chi connectivity index (χ3v) is 13.7. The van der Waals surface area contributed by atoms with Crippen LogP contribution in [0.15, 0.2) is 24.3 Å². The van der Waals surface area contributed by atoms with Crippen LogP contribution >= 0.6 is 0 Å². The molecule has 7 nitrogen and oxygen atoms in total. The van der Waals surface area contributed by atoms with E-state index in [9.17, 15) is 0 Å². The molecule has 0 aromatic heterocycles. The van der Waals surface area contributed by atoms with Gasteiger partial charge in [0.15, 0.2) is 25.2 Å². The van der Waals surface area contributed by atoms with E-state index in [0.29, 0.717) is 0 Å². The van der Waals surface area contributed by atoms with Crippen molar-refractivity contribution in [2.75, 3.05) is 39.6 Å². The third-order valence-electron chi connectivity index (χ3n) is 13.7. The summed E-state index contributed by atoms with van der Waals surface area (Å²) >= 11 is 0. The summed E-state index contributed by atoms with van der Waals surface area (Å²) in [7, 11) is 0. The van der Waals surface area contributed by atoms with Gasteiger partial charge in [-0.05, 0) is 102 Å². The van der Waals surface area contributed by atoms with Gasteiger partial charge in [-0.15, -0.1) is 0 Å². The molecule has 0 radical (unpaired) electrons. The maximum Gasteiger partial charge on any atom is 0.180 e. The van der Waals surface area contributed by atoms with Crippen molar-refractivity contribution in [1.29, 1.82) is 0 Å². The van der Waals surface area contributed by atoms with E-state index in [4.69, 9.17) is 33.2 Å². The summed E-state index contributed by atoms with van der Waals surface area (Å²) in [5.41, 5.74) is 0. The maximum atomic E-state index is 6.51. The van der Waals surface area contributed by atoms with Crippen molar-refractivity contribution in [1.82, 2.24) is 0 Å². The molecule has 424 valence electrons. The zero-order valence-electron chi connectivity index (χ0n) is 48.8. The van der Waals surface area contributed by atoms with Gasteiger partial charge in [-0.2, -0.15) is 0 Å². The molecule has 2 unspecified atom stereocenters. The monoisotopic (exact) mass is 1010 g/mol. The van der Waals surface area contributed by atoms with Gasteiger partial charge in [0.25, 0.3) is 0 Å². The van der Waals surface area contributed by atoms with E-state index in [0.717, 1.165) is 104 Å². The molecule has 0 bridgehead atoms. The fourth-order valence-electron chi connectivity index (χ4n) is 8.96. The van der Waals surface area contributed by atoms with Crippen molar-refractivity contribution >= 4 is 0 Å². The van der Waals surface area contributed by atoms with E-state index in [2.05, 4.69) is 65.8 Å². The third kappa shape index (κ3) is 55.3. The topological polar surface area (TPSA) is 64.6 Å². The smallest absolute Gasteiger partial charge is 0.180 e. The number of rotatable bonds is 62. The van der Waals surface area contributed by atoms with Crippen LogP contribution in [0.3, 0.4) is 0 Å². The average molecular weight is 1010 g/mol. The van der Waals surface area contributed by atoms with Crippen molar-refractivity contribution in [3.63, 3.8) is 0 Å². The van der Waals surface area contributed by atoms with E-state index in [1.807, 2.05) is 0 Å². The summed E-state index contributed by atoms with van der Waals surface area (Å²) in [6.45, 7) is 18.4. The predicted molar refractivity (Wildman–Crippen MR) is 307 cm³/mol. The zero-order chi connectivity index (χ0) is 51.4. The number of hydrogen-bond acceptors (Lipinski definition) is 7. The first-order valence-electron chi connectivity index (χ1n) is 31.8. The Labute approximate surface area is 444 Å². The molecule has 0 aromatic rings. The number of hydrogen-bond donors (Lipinski definition) is 0. The molecule has 0 aliphatic heterocycles. The van der Waals surface area contributed by atoms with Crippen molar-refractivity contribution in [2.24, 2.45) is 0 Å². The second-order valence-electron chi connectivity index (χ2n) is 21.0. The molecule has 0 N–H and O–H groups in total. The first kappa shape index (κ1) is 70.2. The lowest BCUT2D eigenvalue weighted by molar-refractivity contribution is -0.208. The molecule has 71 heavy (non-hydrogen) atoms. The molecule has 0 saturated heterocycles. The second-order valence-corrected chi connectivity index (χ2v) is 21.0. The molecule has 0 heterocycles. The molecule has 0 spiro atoms. The van der Waals surface area contributed by atoms with E-state index < -0.39 is 0 Å². The lowest BCUT2D eigenvalue weighted by Gasteiger charge is -2.21. The summed E-state index contributed by atoms with van der Waals surface area (Å²) in [4.78, 5) is 0. The highest BCUT2D eigenvalue weighted by molar-refractivity contribution is 4.90. The van der Waals surface area contributed by atoms with E-state index in [1.165, 1.54) is 218 Å². The molecule has 0 aromatic carbocycles. The van der Waals surface area contributed by atoms with Gasteiger partial charge >= 0.3 is 0 Å². The van der Waals surface area contributed by atoms with E-state index in [-0.39, 0.29) is 25.2 Å². The second kappa shape index (κ2) is 61.7. The van der Waals surface area contributed by atoms with Crippen LogP contribution in [-0.4, -0.2) is 64.8 Å². The number of unbranched alkanes of at least 4 members (excludes halogenated alkanes) is 34. The van der Waals surface area contributed by atoms with Crippen molar-refractivity contribution in [3.05, 3.63) is 24.3 Å². The molecule has 0 aliphatic carbocycles. The van der Waals surface area contributed by atoms with Gasteiger partial charge in [0.05, 0.1) is 13.2 Å². The van der Waals surface area contributed by atoms with Gasteiger partial charge in [0.1, 0.15) is 0 Å². The summed E-state index contributed by atoms with van der Waals surface area (Å²) in [5, 5.41) is 0. The highest BCUT2D eigenvalue weighted by atomic mass is 16.8. The highest BCUT2D eigenvalue weighted by Gasteiger charge is 2.14. The normalized spacial score (nSPS) is 13.1.